The molecule has 1 heterocycles. The lowest BCUT2D eigenvalue weighted by molar-refractivity contribution is -0.383. The molecule has 1 aromatic carbocycles. The molecule has 6 heteroatoms. The highest BCUT2D eigenvalue weighted by Crippen LogP contribution is 2.33. The maximum Gasteiger partial charge on any atom is 0.303 e. The lowest BCUT2D eigenvalue weighted by atomic mass is 10.0. The number of rotatable bonds is 5. The first-order valence-electron chi connectivity index (χ1n) is 5.66. The summed E-state index contributed by atoms with van der Waals surface area (Å²) in [6.45, 7) is 3.56. The second-order valence-corrected chi connectivity index (χ2v) is 4.09. The van der Waals surface area contributed by atoms with Gasteiger partial charge in [0.05, 0.1) is 21.4 Å². The number of carboxylic acid groups (broad SMARTS) is 1. The summed E-state index contributed by atoms with van der Waals surface area (Å²) >= 11 is 0. The number of benzene rings is 1. The minimum atomic E-state index is -0.933. The fourth-order valence-electron chi connectivity index (χ4n) is 2.09. The van der Waals surface area contributed by atoms with Crippen LogP contribution in [0.2, 0.25) is 0 Å². The van der Waals surface area contributed by atoms with E-state index in [0.717, 1.165) is 0 Å². The summed E-state index contributed by atoms with van der Waals surface area (Å²) < 4.78 is 0. The van der Waals surface area contributed by atoms with Gasteiger partial charge in [0.25, 0.3) is 5.69 Å². The highest BCUT2D eigenvalue weighted by Gasteiger charge is 2.20. The fraction of sp³-hybridized carbons (Fsp3) is 0.154. The number of aliphatic carboxylic acids is 1. The molecule has 98 valence electrons. The van der Waals surface area contributed by atoms with E-state index in [9.17, 15) is 14.9 Å². The van der Waals surface area contributed by atoms with Crippen molar-refractivity contribution in [3.05, 3.63) is 46.1 Å². The highest BCUT2D eigenvalue weighted by molar-refractivity contribution is 5.95. The van der Waals surface area contributed by atoms with Gasteiger partial charge in [0.2, 0.25) is 0 Å². The number of aromatic amines is 1. The van der Waals surface area contributed by atoms with Crippen LogP contribution in [-0.2, 0) is 11.2 Å². The monoisotopic (exact) mass is 260 g/mol. The predicted molar refractivity (Wildman–Crippen MR) is 71.0 cm³/mol. The van der Waals surface area contributed by atoms with E-state index in [1.807, 2.05) is 0 Å². The van der Waals surface area contributed by atoms with E-state index in [4.69, 9.17) is 5.11 Å². The van der Waals surface area contributed by atoms with Gasteiger partial charge in [0, 0.05) is 12.6 Å². The number of aryl methyl sites for hydroxylation is 1. The zero-order valence-corrected chi connectivity index (χ0v) is 10.0. The number of carboxylic acids is 1. The molecule has 0 atom stereocenters. The van der Waals surface area contributed by atoms with E-state index < -0.39 is 10.9 Å². The first-order valence-corrected chi connectivity index (χ1v) is 5.66. The number of hydrogen-bond donors (Lipinski definition) is 2. The number of hydrogen-bond acceptors (Lipinski definition) is 3. The molecule has 0 saturated heterocycles. The van der Waals surface area contributed by atoms with Crippen molar-refractivity contribution in [2.45, 2.75) is 12.8 Å². The smallest absolute Gasteiger partial charge is 0.303 e. The average Bonchev–Trinajstić information content (AvgIpc) is 2.77. The van der Waals surface area contributed by atoms with Crippen molar-refractivity contribution in [2.24, 2.45) is 0 Å². The Bertz CT molecular complexity index is 673. The zero-order valence-electron chi connectivity index (χ0n) is 10.0. The largest absolute Gasteiger partial charge is 0.481 e. The van der Waals surface area contributed by atoms with Gasteiger partial charge >= 0.3 is 5.97 Å². The summed E-state index contributed by atoms with van der Waals surface area (Å²) in [6, 6.07) is 3.34. The summed E-state index contributed by atoms with van der Waals surface area (Å²) in [5.74, 6) is -0.933. The van der Waals surface area contributed by atoms with Crippen LogP contribution in [0.4, 0.5) is 5.69 Å². The Hall–Kier alpha value is -2.63. The van der Waals surface area contributed by atoms with Crippen LogP contribution in [0.15, 0.2) is 24.9 Å². The van der Waals surface area contributed by atoms with Gasteiger partial charge in [-0.05, 0) is 24.1 Å². The number of H-pyrrole nitrogens is 1. The molecule has 19 heavy (non-hydrogen) atoms. The number of carbonyl (C=O) groups is 1. The molecule has 0 radical (unpaired) electrons. The van der Waals surface area contributed by atoms with Crippen molar-refractivity contribution in [1.29, 1.82) is 0 Å². The normalized spacial score (nSPS) is 10.5. The van der Waals surface area contributed by atoms with Crippen LogP contribution in [0.25, 0.3) is 17.0 Å². The number of nitrogens with one attached hydrogen (secondary N) is 1. The quantitative estimate of drug-likeness (QED) is 0.638. The Morgan fingerprint density at radius 1 is 1.53 bits per heavy atom. The van der Waals surface area contributed by atoms with Crippen molar-refractivity contribution in [2.75, 3.05) is 0 Å². The van der Waals surface area contributed by atoms with E-state index in [2.05, 4.69) is 11.6 Å². The molecule has 0 bridgehead atoms. The number of fused-ring (bicyclic) bond motifs is 1. The van der Waals surface area contributed by atoms with Crippen molar-refractivity contribution in [3.63, 3.8) is 0 Å². The molecule has 0 spiro atoms. The standard InChI is InChI=1S/C13H12N2O4/c1-2-8-3-5-10-12(13(8)15(18)19)9(7-14-10)4-6-11(16)17/h2-3,5,7,14H,1,4,6H2,(H,16,17). The summed E-state index contributed by atoms with van der Waals surface area (Å²) in [5, 5.41) is 20.4. The lowest BCUT2D eigenvalue weighted by Gasteiger charge is -2.02. The van der Waals surface area contributed by atoms with E-state index in [1.54, 1.807) is 18.3 Å². The molecule has 1 aromatic heterocycles. The Kier molecular flexibility index (Phi) is 3.33. The zero-order chi connectivity index (χ0) is 14.0. The van der Waals surface area contributed by atoms with Crippen LogP contribution in [0.3, 0.4) is 0 Å². The summed E-state index contributed by atoms with van der Waals surface area (Å²) in [6.07, 6.45) is 3.22. The predicted octanol–water partition coefficient (Wildman–Crippen LogP) is 2.74. The topological polar surface area (TPSA) is 96.2 Å². The Morgan fingerprint density at radius 2 is 2.26 bits per heavy atom. The van der Waals surface area contributed by atoms with E-state index >= 15 is 0 Å². The van der Waals surface area contributed by atoms with Crippen molar-refractivity contribution < 1.29 is 14.8 Å². The van der Waals surface area contributed by atoms with Gasteiger partial charge in [-0.25, -0.2) is 0 Å². The van der Waals surface area contributed by atoms with Gasteiger partial charge in [-0.15, -0.1) is 0 Å². The van der Waals surface area contributed by atoms with Gasteiger partial charge in [0.15, 0.2) is 0 Å². The molecule has 6 nitrogen and oxygen atoms in total. The minimum Gasteiger partial charge on any atom is -0.481 e. The summed E-state index contributed by atoms with van der Waals surface area (Å²) in [5.41, 5.74) is 1.65. The van der Waals surface area contributed by atoms with Gasteiger partial charge in [0.1, 0.15) is 0 Å². The SMILES string of the molecule is C=Cc1ccc2[nH]cc(CCC(=O)O)c2c1[N+](=O)[O-]. The van der Waals surface area contributed by atoms with Gasteiger partial charge in [-0.1, -0.05) is 12.7 Å². The number of nitrogens with zero attached hydrogens (tertiary/aromatic N) is 1. The molecule has 2 rings (SSSR count). The number of aromatic nitrogens is 1. The molecule has 0 aliphatic rings. The van der Waals surface area contributed by atoms with Crippen LogP contribution in [0, 0.1) is 10.1 Å². The van der Waals surface area contributed by atoms with Gasteiger partial charge in [-0.2, -0.15) is 0 Å². The van der Waals surface area contributed by atoms with Gasteiger partial charge in [-0.3, -0.25) is 14.9 Å². The number of nitro benzene ring substituents is 1. The van der Waals surface area contributed by atoms with Crippen molar-refractivity contribution in [1.82, 2.24) is 4.98 Å². The third-order valence-electron chi connectivity index (χ3n) is 2.94. The first kappa shape index (κ1) is 12.8. The maximum absolute atomic E-state index is 11.2. The molecule has 2 N–H and O–H groups in total. The molecule has 0 aliphatic carbocycles. The summed E-state index contributed by atoms with van der Waals surface area (Å²) in [7, 11) is 0. The second-order valence-electron chi connectivity index (χ2n) is 4.09. The van der Waals surface area contributed by atoms with Crippen LogP contribution in [-0.4, -0.2) is 21.0 Å². The van der Waals surface area contributed by atoms with E-state index in [0.29, 0.717) is 22.0 Å². The third-order valence-corrected chi connectivity index (χ3v) is 2.94. The van der Waals surface area contributed by atoms with E-state index in [-0.39, 0.29) is 18.5 Å². The molecular weight excluding hydrogens is 248 g/mol. The average molecular weight is 260 g/mol. The van der Waals surface area contributed by atoms with Crippen molar-refractivity contribution in [3.8, 4) is 0 Å². The Labute approximate surface area is 108 Å². The van der Waals surface area contributed by atoms with Crippen LogP contribution in [0.1, 0.15) is 17.5 Å². The molecule has 0 fully saturated rings. The van der Waals surface area contributed by atoms with E-state index in [1.165, 1.54) is 6.08 Å². The Morgan fingerprint density at radius 3 is 2.84 bits per heavy atom. The van der Waals surface area contributed by atoms with Crippen molar-refractivity contribution >= 4 is 28.6 Å². The molecule has 0 amide bonds. The molecule has 0 aliphatic heterocycles. The van der Waals surface area contributed by atoms with Crippen LogP contribution in [0.5, 0.6) is 0 Å². The summed E-state index contributed by atoms with van der Waals surface area (Å²) in [4.78, 5) is 24.3. The second kappa shape index (κ2) is 4.93. The van der Waals surface area contributed by atoms with Crippen LogP contribution < -0.4 is 0 Å². The third kappa shape index (κ3) is 2.33. The maximum atomic E-state index is 11.2. The molecular formula is C13H12N2O4. The lowest BCUT2D eigenvalue weighted by Crippen LogP contribution is -1.98. The van der Waals surface area contributed by atoms with Crippen LogP contribution >= 0.6 is 0 Å². The molecule has 2 aromatic rings. The molecule has 0 unspecified atom stereocenters. The fourth-order valence-corrected chi connectivity index (χ4v) is 2.09. The first-order chi connectivity index (χ1) is 9.04. The molecule has 0 saturated carbocycles. The number of nitro groups is 1. The minimum absolute atomic E-state index is 0.0332. The Balaban J connectivity index is 2.63. The van der Waals surface area contributed by atoms with Gasteiger partial charge < -0.3 is 10.1 Å². The highest BCUT2D eigenvalue weighted by atomic mass is 16.6.